The van der Waals surface area contributed by atoms with E-state index in [1.54, 1.807) is 25.1 Å². The molecule has 0 aliphatic carbocycles. The molecule has 0 unspecified atom stereocenters. The highest BCUT2D eigenvalue weighted by molar-refractivity contribution is 9.10. The van der Waals surface area contributed by atoms with E-state index in [1.807, 2.05) is 24.3 Å². The van der Waals surface area contributed by atoms with Gasteiger partial charge in [-0.3, -0.25) is 4.79 Å². The molecule has 0 heterocycles. The molecule has 0 bridgehead atoms. The molecule has 1 atom stereocenters. The summed E-state index contributed by atoms with van der Waals surface area (Å²) < 4.78 is 19.5. The molecule has 0 spiro atoms. The summed E-state index contributed by atoms with van der Waals surface area (Å²) in [6.45, 7) is 1.80. The van der Waals surface area contributed by atoms with E-state index in [2.05, 4.69) is 21.2 Å². The summed E-state index contributed by atoms with van der Waals surface area (Å²) in [4.78, 5) is 12.0. The van der Waals surface area contributed by atoms with E-state index in [1.165, 1.54) is 19.3 Å². The van der Waals surface area contributed by atoms with Gasteiger partial charge in [0, 0.05) is 10.5 Å². The Labute approximate surface area is 143 Å². The minimum atomic E-state index is -0.449. The van der Waals surface area contributed by atoms with Crippen LogP contribution in [0.3, 0.4) is 0 Å². The molecular weight excluding hydrogens is 361 g/mol. The van der Waals surface area contributed by atoms with Gasteiger partial charge in [0.15, 0.2) is 11.6 Å². The smallest absolute Gasteiger partial charge is 0.244 e. The van der Waals surface area contributed by atoms with Gasteiger partial charge in [-0.05, 0) is 42.3 Å². The lowest BCUT2D eigenvalue weighted by molar-refractivity contribution is -0.117. The average molecular weight is 378 g/mol. The van der Waals surface area contributed by atoms with E-state index in [-0.39, 0.29) is 17.7 Å². The van der Waals surface area contributed by atoms with Crippen molar-refractivity contribution < 1.29 is 13.9 Å². The first-order valence-electron chi connectivity index (χ1n) is 7.08. The average Bonchev–Trinajstić information content (AvgIpc) is 2.54. The van der Waals surface area contributed by atoms with E-state index < -0.39 is 5.82 Å². The number of rotatable bonds is 5. The molecule has 0 fully saturated rings. The highest BCUT2D eigenvalue weighted by atomic mass is 79.9. The SMILES string of the molecule is COc1ccc([C@H](C)NC(=O)/C=C/c2ccccc2Br)cc1F. The van der Waals surface area contributed by atoms with Crippen molar-refractivity contribution in [3.05, 3.63) is 70.0 Å². The number of methoxy groups -OCH3 is 1. The number of nitrogens with one attached hydrogen (secondary N) is 1. The van der Waals surface area contributed by atoms with Gasteiger partial charge in [-0.15, -0.1) is 0 Å². The van der Waals surface area contributed by atoms with Crippen LogP contribution < -0.4 is 10.1 Å². The summed E-state index contributed by atoms with van der Waals surface area (Å²) >= 11 is 3.42. The topological polar surface area (TPSA) is 38.3 Å². The Kier molecular flexibility index (Phi) is 5.93. The first-order valence-corrected chi connectivity index (χ1v) is 7.87. The van der Waals surface area contributed by atoms with Crippen LogP contribution in [0.25, 0.3) is 6.08 Å². The summed E-state index contributed by atoms with van der Waals surface area (Å²) in [6.07, 6.45) is 3.18. The van der Waals surface area contributed by atoms with Crippen molar-refractivity contribution in [3.63, 3.8) is 0 Å². The Balaban J connectivity index is 2.02. The van der Waals surface area contributed by atoms with Gasteiger partial charge in [0.2, 0.25) is 5.91 Å². The summed E-state index contributed by atoms with van der Waals surface area (Å²) in [5.41, 5.74) is 1.58. The van der Waals surface area contributed by atoms with Gasteiger partial charge in [-0.2, -0.15) is 0 Å². The second-order valence-electron chi connectivity index (χ2n) is 4.98. The zero-order valence-corrected chi connectivity index (χ0v) is 14.4. The van der Waals surface area contributed by atoms with Gasteiger partial charge in [0.25, 0.3) is 0 Å². The number of hydrogen-bond acceptors (Lipinski definition) is 2. The standard InChI is InChI=1S/C18H17BrFNO2/c1-12(14-7-9-17(23-2)16(20)11-14)21-18(22)10-8-13-5-3-4-6-15(13)19/h3-12H,1-2H3,(H,21,22)/b10-8+/t12-/m0/s1. The molecular formula is C18H17BrFNO2. The fourth-order valence-corrected chi connectivity index (χ4v) is 2.49. The van der Waals surface area contributed by atoms with Crippen LogP contribution in [0.2, 0.25) is 0 Å². The third kappa shape index (κ3) is 4.66. The number of benzene rings is 2. The lowest BCUT2D eigenvalue weighted by Crippen LogP contribution is -2.24. The number of amides is 1. The van der Waals surface area contributed by atoms with Crippen LogP contribution in [0.5, 0.6) is 5.75 Å². The molecule has 23 heavy (non-hydrogen) atoms. The fourth-order valence-electron chi connectivity index (χ4n) is 2.07. The number of carbonyl (C=O) groups is 1. The van der Waals surface area contributed by atoms with E-state index in [0.717, 1.165) is 10.0 Å². The zero-order chi connectivity index (χ0) is 16.8. The van der Waals surface area contributed by atoms with E-state index in [4.69, 9.17) is 4.74 Å². The monoisotopic (exact) mass is 377 g/mol. The second-order valence-corrected chi connectivity index (χ2v) is 5.83. The summed E-state index contributed by atoms with van der Waals surface area (Å²) in [7, 11) is 1.41. The van der Waals surface area contributed by atoms with Gasteiger partial charge in [-0.1, -0.05) is 40.2 Å². The molecule has 0 aliphatic heterocycles. The van der Waals surface area contributed by atoms with Crippen LogP contribution in [0.15, 0.2) is 53.0 Å². The van der Waals surface area contributed by atoms with Crippen LogP contribution in [-0.4, -0.2) is 13.0 Å². The van der Waals surface area contributed by atoms with Crippen LogP contribution in [0.1, 0.15) is 24.1 Å². The van der Waals surface area contributed by atoms with E-state index in [9.17, 15) is 9.18 Å². The van der Waals surface area contributed by atoms with Crippen LogP contribution in [-0.2, 0) is 4.79 Å². The molecule has 2 aromatic rings. The first-order chi connectivity index (χ1) is 11.0. The van der Waals surface area contributed by atoms with Crippen molar-refractivity contribution in [1.82, 2.24) is 5.32 Å². The third-order valence-electron chi connectivity index (χ3n) is 3.35. The Morgan fingerprint density at radius 3 is 2.70 bits per heavy atom. The minimum absolute atomic E-state index is 0.182. The molecule has 2 aromatic carbocycles. The summed E-state index contributed by atoms with van der Waals surface area (Å²) in [5, 5.41) is 2.80. The maximum atomic E-state index is 13.7. The predicted molar refractivity (Wildman–Crippen MR) is 92.7 cm³/mol. The molecule has 0 saturated heterocycles. The maximum absolute atomic E-state index is 13.7. The Bertz CT molecular complexity index is 731. The molecule has 2 rings (SSSR count). The quantitative estimate of drug-likeness (QED) is 0.779. The molecule has 0 saturated carbocycles. The fraction of sp³-hybridized carbons (Fsp3) is 0.167. The molecule has 1 amide bonds. The normalized spacial score (nSPS) is 12.2. The van der Waals surface area contributed by atoms with Crippen LogP contribution in [0, 0.1) is 5.82 Å². The van der Waals surface area contributed by atoms with Crippen LogP contribution in [0.4, 0.5) is 4.39 Å². The first kappa shape index (κ1) is 17.2. The lowest BCUT2D eigenvalue weighted by atomic mass is 10.1. The summed E-state index contributed by atoms with van der Waals surface area (Å²) in [6, 6.07) is 11.9. The number of halogens is 2. The number of ether oxygens (including phenoxy) is 1. The lowest BCUT2D eigenvalue weighted by Gasteiger charge is -2.14. The predicted octanol–water partition coefficient (Wildman–Crippen LogP) is 4.49. The van der Waals surface area contributed by atoms with Crippen molar-refractivity contribution in [3.8, 4) is 5.75 Å². The Hall–Kier alpha value is -2.14. The van der Waals surface area contributed by atoms with Gasteiger partial charge >= 0.3 is 0 Å². The maximum Gasteiger partial charge on any atom is 0.244 e. The van der Waals surface area contributed by atoms with Crippen molar-refractivity contribution >= 4 is 27.9 Å². The Morgan fingerprint density at radius 1 is 1.30 bits per heavy atom. The summed E-state index contributed by atoms with van der Waals surface area (Å²) in [5.74, 6) is -0.513. The molecule has 3 nitrogen and oxygen atoms in total. The molecule has 5 heteroatoms. The zero-order valence-electron chi connectivity index (χ0n) is 12.8. The highest BCUT2D eigenvalue weighted by Gasteiger charge is 2.11. The molecule has 0 aliphatic rings. The number of carbonyl (C=O) groups excluding carboxylic acids is 1. The van der Waals surface area contributed by atoms with E-state index >= 15 is 0 Å². The molecule has 1 N–H and O–H groups in total. The second kappa shape index (κ2) is 7.92. The van der Waals surface area contributed by atoms with Crippen molar-refractivity contribution in [1.29, 1.82) is 0 Å². The highest BCUT2D eigenvalue weighted by Crippen LogP contribution is 2.22. The third-order valence-corrected chi connectivity index (χ3v) is 4.08. The van der Waals surface area contributed by atoms with Crippen molar-refractivity contribution in [2.24, 2.45) is 0 Å². The van der Waals surface area contributed by atoms with Crippen LogP contribution >= 0.6 is 15.9 Å². The van der Waals surface area contributed by atoms with Gasteiger partial charge in [-0.25, -0.2) is 4.39 Å². The van der Waals surface area contributed by atoms with Gasteiger partial charge < -0.3 is 10.1 Å². The van der Waals surface area contributed by atoms with Gasteiger partial charge in [0.1, 0.15) is 0 Å². The largest absolute Gasteiger partial charge is 0.494 e. The molecule has 120 valence electrons. The van der Waals surface area contributed by atoms with Crippen molar-refractivity contribution in [2.45, 2.75) is 13.0 Å². The van der Waals surface area contributed by atoms with Crippen molar-refractivity contribution in [2.75, 3.05) is 7.11 Å². The Morgan fingerprint density at radius 2 is 2.04 bits per heavy atom. The minimum Gasteiger partial charge on any atom is -0.494 e. The van der Waals surface area contributed by atoms with E-state index in [0.29, 0.717) is 5.56 Å². The molecule has 0 aromatic heterocycles. The van der Waals surface area contributed by atoms with Gasteiger partial charge in [0.05, 0.1) is 13.2 Å². The number of hydrogen-bond donors (Lipinski definition) is 1. The molecule has 0 radical (unpaired) electrons.